The Morgan fingerprint density at radius 2 is 1.88 bits per heavy atom. The van der Waals surface area contributed by atoms with Crippen LogP contribution < -0.4 is 4.74 Å². The zero-order chi connectivity index (χ0) is 23.9. The fourth-order valence-corrected chi connectivity index (χ4v) is 4.33. The normalized spacial score (nSPS) is 20.6. The molecule has 1 amide bonds. The molecule has 2 fully saturated rings. The largest absolute Gasteiger partial charge is 0.507 e. The molecule has 1 aromatic carbocycles. The monoisotopic (exact) mass is 465 g/mol. The number of aliphatic hydroxyl groups is 1. The summed E-state index contributed by atoms with van der Waals surface area (Å²) in [7, 11) is 0. The first-order valence-electron chi connectivity index (χ1n) is 11.8. The van der Waals surface area contributed by atoms with Gasteiger partial charge in [-0.2, -0.15) is 0 Å². The van der Waals surface area contributed by atoms with Crippen LogP contribution in [-0.2, 0) is 14.3 Å². The highest BCUT2D eigenvalue weighted by atomic mass is 16.5. The Hall–Kier alpha value is -3.23. The number of carbonyl (C=O) groups excluding carboxylic acids is 2. The standard InChI is InChI=1S/C26H31N3O5/c1-2-16-34-20-9-7-19(8-10-20)24(30)22-23(21-6-3-4-11-27-21)29(26(32)25(22)31)13-5-12-28-14-17-33-18-15-28/h3-4,6-11,23,30H,2,5,12-18H2,1H3/t23-/m0/s1. The number of benzene rings is 1. The van der Waals surface area contributed by atoms with E-state index in [1.54, 1.807) is 42.6 Å². The number of aliphatic hydroxyl groups excluding tert-OH is 1. The van der Waals surface area contributed by atoms with E-state index in [4.69, 9.17) is 9.47 Å². The number of pyridine rings is 1. The van der Waals surface area contributed by atoms with Gasteiger partial charge in [-0.15, -0.1) is 0 Å². The Morgan fingerprint density at radius 3 is 2.56 bits per heavy atom. The van der Waals surface area contributed by atoms with Gasteiger partial charge in [-0.05, 0) is 49.2 Å². The fraction of sp³-hybridized carbons (Fsp3) is 0.423. The maximum Gasteiger partial charge on any atom is 0.295 e. The summed E-state index contributed by atoms with van der Waals surface area (Å²) in [6.45, 7) is 6.96. The second-order valence-electron chi connectivity index (χ2n) is 8.43. The summed E-state index contributed by atoms with van der Waals surface area (Å²) in [5.41, 5.74) is 1.07. The summed E-state index contributed by atoms with van der Waals surface area (Å²) in [6, 6.07) is 11.5. The van der Waals surface area contributed by atoms with Crippen LogP contribution in [0.4, 0.5) is 0 Å². The molecule has 2 saturated heterocycles. The topological polar surface area (TPSA) is 92.2 Å². The molecule has 0 bridgehead atoms. The maximum absolute atomic E-state index is 13.1. The minimum atomic E-state index is -0.734. The molecule has 1 aromatic heterocycles. The van der Waals surface area contributed by atoms with Crippen molar-refractivity contribution in [1.29, 1.82) is 0 Å². The van der Waals surface area contributed by atoms with Gasteiger partial charge >= 0.3 is 0 Å². The van der Waals surface area contributed by atoms with Gasteiger partial charge in [0.1, 0.15) is 17.6 Å². The third-order valence-corrected chi connectivity index (χ3v) is 6.09. The van der Waals surface area contributed by atoms with E-state index in [0.29, 0.717) is 49.8 Å². The molecule has 0 spiro atoms. The van der Waals surface area contributed by atoms with Crippen LogP contribution in [0, 0.1) is 0 Å². The van der Waals surface area contributed by atoms with E-state index in [0.717, 1.165) is 26.1 Å². The summed E-state index contributed by atoms with van der Waals surface area (Å²) < 4.78 is 11.0. The molecular weight excluding hydrogens is 434 g/mol. The first-order valence-corrected chi connectivity index (χ1v) is 11.8. The highest BCUT2D eigenvalue weighted by molar-refractivity contribution is 6.46. The Morgan fingerprint density at radius 1 is 1.12 bits per heavy atom. The average Bonchev–Trinajstić information content (AvgIpc) is 3.13. The van der Waals surface area contributed by atoms with E-state index in [1.165, 1.54) is 4.90 Å². The van der Waals surface area contributed by atoms with Crippen molar-refractivity contribution in [2.45, 2.75) is 25.8 Å². The van der Waals surface area contributed by atoms with E-state index in [-0.39, 0.29) is 11.3 Å². The van der Waals surface area contributed by atoms with Crippen molar-refractivity contribution >= 4 is 17.4 Å². The molecular formula is C26H31N3O5. The third-order valence-electron chi connectivity index (χ3n) is 6.09. The predicted octanol–water partition coefficient (Wildman–Crippen LogP) is 3.01. The van der Waals surface area contributed by atoms with E-state index in [2.05, 4.69) is 9.88 Å². The van der Waals surface area contributed by atoms with Gasteiger partial charge in [-0.1, -0.05) is 13.0 Å². The minimum absolute atomic E-state index is 0.0669. The number of aromatic nitrogens is 1. The van der Waals surface area contributed by atoms with Crippen molar-refractivity contribution in [2.75, 3.05) is 46.0 Å². The number of rotatable bonds is 9. The second kappa shape index (κ2) is 11.3. The molecule has 1 N–H and O–H groups in total. The van der Waals surface area contributed by atoms with Crippen LogP contribution >= 0.6 is 0 Å². The summed E-state index contributed by atoms with van der Waals surface area (Å²) >= 11 is 0. The number of likely N-dealkylation sites (tertiary alicyclic amines) is 1. The molecule has 0 saturated carbocycles. The maximum atomic E-state index is 13.1. The number of hydrogen-bond donors (Lipinski definition) is 1. The number of Topliss-reactive ketones (excluding diaryl/α,β-unsaturated/α-hetero) is 1. The van der Waals surface area contributed by atoms with Crippen molar-refractivity contribution in [2.24, 2.45) is 0 Å². The number of amides is 1. The van der Waals surface area contributed by atoms with Crippen LogP contribution in [0.2, 0.25) is 0 Å². The lowest BCUT2D eigenvalue weighted by Gasteiger charge is -2.28. The molecule has 2 aliphatic heterocycles. The molecule has 0 unspecified atom stereocenters. The SMILES string of the molecule is CCCOc1ccc(C(O)=C2C(=O)C(=O)N(CCCN3CCOCC3)[C@H]2c2ccccn2)cc1. The number of ketones is 1. The highest BCUT2D eigenvalue weighted by Gasteiger charge is 2.46. The molecule has 2 aliphatic rings. The Kier molecular flexibility index (Phi) is 7.92. The lowest BCUT2D eigenvalue weighted by atomic mass is 9.98. The molecule has 3 heterocycles. The summed E-state index contributed by atoms with van der Waals surface area (Å²) in [6.07, 6.45) is 3.23. The summed E-state index contributed by atoms with van der Waals surface area (Å²) in [4.78, 5) is 34.4. The molecule has 8 nitrogen and oxygen atoms in total. The molecule has 34 heavy (non-hydrogen) atoms. The van der Waals surface area contributed by atoms with Gasteiger partial charge < -0.3 is 19.5 Å². The number of nitrogens with zero attached hydrogens (tertiary/aromatic N) is 3. The highest BCUT2D eigenvalue weighted by Crippen LogP contribution is 2.38. The number of carbonyl (C=O) groups is 2. The molecule has 1 atom stereocenters. The van der Waals surface area contributed by atoms with E-state index in [1.807, 2.05) is 13.0 Å². The second-order valence-corrected chi connectivity index (χ2v) is 8.43. The van der Waals surface area contributed by atoms with Crippen LogP contribution in [0.25, 0.3) is 5.76 Å². The zero-order valence-electron chi connectivity index (χ0n) is 19.5. The zero-order valence-corrected chi connectivity index (χ0v) is 19.5. The fourth-order valence-electron chi connectivity index (χ4n) is 4.33. The Labute approximate surface area is 199 Å². The molecule has 0 radical (unpaired) electrons. The lowest BCUT2D eigenvalue weighted by molar-refractivity contribution is -0.140. The van der Waals surface area contributed by atoms with Crippen LogP contribution in [0.15, 0.2) is 54.2 Å². The van der Waals surface area contributed by atoms with E-state index >= 15 is 0 Å². The van der Waals surface area contributed by atoms with Crippen molar-refractivity contribution in [3.63, 3.8) is 0 Å². The summed E-state index contributed by atoms with van der Waals surface area (Å²) in [5, 5.41) is 11.1. The van der Waals surface area contributed by atoms with Gasteiger partial charge in [0.15, 0.2) is 0 Å². The third kappa shape index (κ3) is 5.29. The van der Waals surface area contributed by atoms with Crippen LogP contribution in [0.1, 0.15) is 37.1 Å². The number of hydrogen-bond acceptors (Lipinski definition) is 7. The first-order chi connectivity index (χ1) is 16.6. The van der Waals surface area contributed by atoms with E-state index < -0.39 is 17.7 Å². The average molecular weight is 466 g/mol. The molecule has 4 rings (SSSR count). The van der Waals surface area contributed by atoms with Crippen LogP contribution in [-0.4, -0.2) is 77.6 Å². The van der Waals surface area contributed by atoms with Gasteiger partial charge in [-0.25, -0.2) is 0 Å². The van der Waals surface area contributed by atoms with Gasteiger partial charge in [0.05, 0.1) is 31.1 Å². The quantitative estimate of drug-likeness (QED) is 0.346. The Bertz CT molecular complexity index is 1020. The van der Waals surface area contributed by atoms with E-state index in [9.17, 15) is 14.7 Å². The van der Waals surface area contributed by atoms with Gasteiger partial charge in [0.25, 0.3) is 11.7 Å². The molecule has 8 heteroatoms. The number of ether oxygens (including phenoxy) is 2. The predicted molar refractivity (Wildman–Crippen MR) is 127 cm³/mol. The van der Waals surface area contributed by atoms with Crippen molar-refractivity contribution in [1.82, 2.24) is 14.8 Å². The van der Waals surface area contributed by atoms with Gasteiger partial charge in [0.2, 0.25) is 0 Å². The Balaban J connectivity index is 1.61. The van der Waals surface area contributed by atoms with Crippen molar-refractivity contribution in [3.05, 3.63) is 65.5 Å². The summed E-state index contributed by atoms with van der Waals surface area (Å²) in [5.74, 6) is -0.817. The number of morpholine rings is 1. The molecule has 180 valence electrons. The first kappa shape index (κ1) is 23.9. The van der Waals surface area contributed by atoms with Crippen molar-refractivity contribution in [3.8, 4) is 5.75 Å². The van der Waals surface area contributed by atoms with Crippen molar-refractivity contribution < 1.29 is 24.2 Å². The van der Waals surface area contributed by atoms with Crippen LogP contribution in [0.5, 0.6) is 5.75 Å². The smallest absolute Gasteiger partial charge is 0.295 e. The van der Waals surface area contributed by atoms with Gasteiger partial charge in [0, 0.05) is 37.9 Å². The minimum Gasteiger partial charge on any atom is -0.507 e. The molecule has 2 aromatic rings. The van der Waals surface area contributed by atoms with Crippen LogP contribution in [0.3, 0.4) is 0 Å². The lowest BCUT2D eigenvalue weighted by Crippen LogP contribution is -2.39. The molecule has 0 aliphatic carbocycles. The van der Waals surface area contributed by atoms with Gasteiger partial charge in [-0.3, -0.25) is 19.5 Å².